The Morgan fingerprint density at radius 3 is 2.57 bits per heavy atom. The summed E-state index contributed by atoms with van der Waals surface area (Å²) >= 11 is 0. The third kappa shape index (κ3) is 6.03. The van der Waals surface area contributed by atoms with Gasteiger partial charge in [0.15, 0.2) is 11.6 Å². The van der Waals surface area contributed by atoms with Crippen LogP contribution in [0.25, 0.3) is 10.9 Å². The van der Waals surface area contributed by atoms with E-state index in [1.165, 1.54) is 7.11 Å². The lowest BCUT2D eigenvalue weighted by Crippen LogP contribution is -2.42. The van der Waals surface area contributed by atoms with Crippen molar-refractivity contribution in [2.45, 2.75) is 31.9 Å². The highest BCUT2D eigenvalue weighted by Crippen LogP contribution is 2.40. The molecule has 1 saturated heterocycles. The average Bonchev–Trinajstić information content (AvgIpc) is 2.90. The zero-order valence-electron chi connectivity index (χ0n) is 20.3. The second kappa shape index (κ2) is 11.4. The van der Waals surface area contributed by atoms with Crippen molar-refractivity contribution in [2.24, 2.45) is 5.41 Å². The van der Waals surface area contributed by atoms with Crippen molar-refractivity contribution in [2.75, 3.05) is 33.4 Å². The largest absolute Gasteiger partial charge is 0.497 e. The van der Waals surface area contributed by atoms with E-state index < -0.39 is 34.9 Å². The van der Waals surface area contributed by atoms with Gasteiger partial charge in [-0.05, 0) is 68.5 Å². The quantitative estimate of drug-likeness (QED) is 0.247. The fraction of sp³-hybridized carbons (Fsp3) is 0.393. The number of aliphatic hydroxyl groups is 1. The number of pyridine rings is 1. The molecule has 196 valence electrons. The van der Waals surface area contributed by atoms with Crippen LogP contribution in [0.2, 0.25) is 0 Å². The zero-order chi connectivity index (χ0) is 26.6. The second-order valence-corrected chi connectivity index (χ2v) is 9.39. The van der Waals surface area contributed by atoms with Gasteiger partial charge in [-0.2, -0.15) is 0 Å². The van der Waals surface area contributed by atoms with Crippen LogP contribution < -0.4 is 4.74 Å². The molecule has 9 heteroatoms. The summed E-state index contributed by atoms with van der Waals surface area (Å²) in [6.07, 6.45) is 0.930. The molecule has 0 aliphatic carbocycles. The zero-order valence-corrected chi connectivity index (χ0v) is 20.3. The molecule has 1 atom stereocenters. The molecule has 1 fully saturated rings. The fourth-order valence-corrected chi connectivity index (χ4v) is 4.76. The lowest BCUT2D eigenvalue weighted by Gasteiger charge is -2.40. The van der Waals surface area contributed by atoms with Gasteiger partial charge in [0.1, 0.15) is 23.6 Å². The van der Waals surface area contributed by atoms with Gasteiger partial charge < -0.3 is 9.84 Å². The summed E-state index contributed by atoms with van der Waals surface area (Å²) in [5, 5.41) is 10.5. The maximum absolute atomic E-state index is 15.4. The van der Waals surface area contributed by atoms with E-state index in [0.717, 1.165) is 12.3 Å². The predicted octanol–water partition coefficient (Wildman–Crippen LogP) is 5.72. The Balaban J connectivity index is 1.38. The van der Waals surface area contributed by atoms with Crippen LogP contribution in [0, 0.1) is 40.5 Å². The smallest absolute Gasteiger partial charge is 0.174 e. The van der Waals surface area contributed by atoms with Crippen molar-refractivity contribution in [3.8, 4) is 17.6 Å². The van der Waals surface area contributed by atoms with E-state index in [-0.39, 0.29) is 30.7 Å². The monoisotopic (exact) mass is 518 g/mol. The molecular formula is C28H27F5N2O2. The summed E-state index contributed by atoms with van der Waals surface area (Å²) in [6.45, 7) is 1.22. The van der Waals surface area contributed by atoms with Gasteiger partial charge in [0, 0.05) is 23.6 Å². The molecule has 1 aliphatic heterocycles. The lowest BCUT2D eigenvalue weighted by molar-refractivity contribution is 0.0343. The number of aromatic nitrogens is 1. The molecule has 1 aliphatic rings. The summed E-state index contributed by atoms with van der Waals surface area (Å²) in [7, 11) is 1.48. The molecule has 0 spiro atoms. The highest BCUT2D eigenvalue weighted by Gasteiger charge is 2.35. The standard InChI is InChI=1S/C28H27F5N2O2/c1-37-20-4-5-25-21(15-20)26(24(32)16-34-25)22(30)6-7-28(17-36)8-11-35(12-9-28)10-2-3-18-13-19(29)14-23(31)27(18)33/h4-5,13-16,22,36H,6-12,17H2,1H3/t22-/m1/s1. The second-order valence-electron chi connectivity index (χ2n) is 9.39. The molecule has 1 aromatic heterocycles. The fourth-order valence-electron chi connectivity index (χ4n) is 4.76. The number of ether oxygens (including phenoxy) is 1. The molecular weight excluding hydrogens is 491 g/mol. The van der Waals surface area contributed by atoms with Gasteiger partial charge in [-0.1, -0.05) is 11.8 Å². The van der Waals surface area contributed by atoms with E-state index in [4.69, 9.17) is 4.74 Å². The van der Waals surface area contributed by atoms with Gasteiger partial charge in [-0.15, -0.1) is 0 Å². The molecule has 4 rings (SSSR count). The maximum Gasteiger partial charge on any atom is 0.174 e. The van der Waals surface area contributed by atoms with Crippen molar-refractivity contribution < 1.29 is 31.8 Å². The molecule has 0 saturated carbocycles. The molecule has 0 bridgehead atoms. The summed E-state index contributed by atoms with van der Waals surface area (Å²) in [6, 6.07) is 6.20. The van der Waals surface area contributed by atoms with Gasteiger partial charge in [0.25, 0.3) is 0 Å². The molecule has 37 heavy (non-hydrogen) atoms. The van der Waals surface area contributed by atoms with Crippen molar-refractivity contribution in [3.63, 3.8) is 0 Å². The lowest BCUT2D eigenvalue weighted by atomic mass is 9.74. The molecule has 3 aromatic rings. The Bertz CT molecular complexity index is 1330. The number of hydrogen-bond acceptors (Lipinski definition) is 4. The number of hydrogen-bond donors (Lipinski definition) is 1. The number of rotatable bonds is 7. The number of piperidine rings is 1. The van der Waals surface area contributed by atoms with Crippen LogP contribution in [0.1, 0.15) is 43.0 Å². The molecule has 2 aromatic carbocycles. The van der Waals surface area contributed by atoms with Crippen LogP contribution in [0.4, 0.5) is 22.0 Å². The Morgan fingerprint density at radius 1 is 1.11 bits per heavy atom. The Hall–Kier alpha value is -3.22. The summed E-state index contributed by atoms with van der Waals surface area (Å²) in [5.41, 5.74) is -0.470. The van der Waals surface area contributed by atoms with Crippen LogP contribution in [0.5, 0.6) is 5.75 Å². The van der Waals surface area contributed by atoms with E-state index in [2.05, 4.69) is 16.8 Å². The number of aliphatic hydroxyl groups excluding tert-OH is 1. The molecule has 1 N–H and O–H groups in total. The van der Waals surface area contributed by atoms with E-state index in [0.29, 0.717) is 55.1 Å². The SMILES string of the molecule is COc1ccc2ncc(F)c([C@H](F)CCC3(CO)CCN(CC#Cc4cc(F)cc(F)c4F)CC3)c2c1. The van der Waals surface area contributed by atoms with Crippen LogP contribution in [-0.2, 0) is 0 Å². The minimum Gasteiger partial charge on any atom is -0.497 e. The summed E-state index contributed by atoms with van der Waals surface area (Å²) in [4.78, 5) is 6.01. The predicted molar refractivity (Wildman–Crippen MR) is 130 cm³/mol. The molecule has 0 radical (unpaired) electrons. The minimum absolute atomic E-state index is 0.0258. The maximum atomic E-state index is 15.4. The van der Waals surface area contributed by atoms with Gasteiger partial charge in [0.05, 0.1) is 30.9 Å². The van der Waals surface area contributed by atoms with E-state index >= 15 is 4.39 Å². The number of alkyl halides is 1. The number of likely N-dealkylation sites (tertiary alicyclic amines) is 1. The first-order valence-electron chi connectivity index (χ1n) is 12.0. The number of halogens is 5. The van der Waals surface area contributed by atoms with Crippen molar-refractivity contribution in [1.82, 2.24) is 9.88 Å². The Morgan fingerprint density at radius 2 is 1.86 bits per heavy atom. The van der Waals surface area contributed by atoms with E-state index in [1.54, 1.807) is 18.2 Å². The van der Waals surface area contributed by atoms with Crippen LogP contribution >= 0.6 is 0 Å². The highest BCUT2D eigenvalue weighted by molar-refractivity contribution is 5.84. The number of fused-ring (bicyclic) bond motifs is 1. The first-order valence-corrected chi connectivity index (χ1v) is 12.0. The Labute approximate surface area is 212 Å². The number of nitrogens with zero attached hydrogens (tertiary/aromatic N) is 2. The third-order valence-electron chi connectivity index (χ3n) is 7.08. The van der Waals surface area contributed by atoms with Crippen molar-refractivity contribution in [1.29, 1.82) is 0 Å². The van der Waals surface area contributed by atoms with Crippen molar-refractivity contribution in [3.05, 3.63) is 70.9 Å². The molecule has 4 nitrogen and oxygen atoms in total. The molecule has 2 heterocycles. The highest BCUT2D eigenvalue weighted by atomic mass is 19.2. The van der Waals surface area contributed by atoms with Gasteiger partial charge in [0.2, 0.25) is 0 Å². The Kier molecular flexibility index (Phi) is 8.30. The first kappa shape index (κ1) is 26.8. The van der Waals surface area contributed by atoms with Crippen LogP contribution in [-0.4, -0.2) is 48.3 Å². The molecule has 0 unspecified atom stereocenters. The summed E-state index contributed by atoms with van der Waals surface area (Å²) in [5.74, 6) is 1.57. The number of benzene rings is 2. The van der Waals surface area contributed by atoms with Gasteiger partial charge in [-0.3, -0.25) is 9.88 Å². The summed E-state index contributed by atoms with van der Waals surface area (Å²) < 4.78 is 75.7. The van der Waals surface area contributed by atoms with Crippen molar-refractivity contribution >= 4 is 10.9 Å². The minimum atomic E-state index is -1.59. The number of methoxy groups -OCH3 is 1. The third-order valence-corrected chi connectivity index (χ3v) is 7.08. The average molecular weight is 519 g/mol. The topological polar surface area (TPSA) is 45.6 Å². The van der Waals surface area contributed by atoms with E-state index in [9.17, 15) is 22.7 Å². The molecule has 0 amide bonds. The van der Waals surface area contributed by atoms with Crippen LogP contribution in [0.3, 0.4) is 0 Å². The normalized spacial score (nSPS) is 16.3. The van der Waals surface area contributed by atoms with E-state index in [1.807, 2.05) is 4.90 Å². The van der Waals surface area contributed by atoms with Crippen LogP contribution in [0.15, 0.2) is 36.5 Å². The first-order chi connectivity index (χ1) is 17.7. The van der Waals surface area contributed by atoms with Gasteiger partial charge in [-0.25, -0.2) is 22.0 Å². The van der Waals surface area contributed by atoms with Gasteiger partial charge >= 0.3 is 0 Å².